The topological polar surface area (TPSA) is 75.8 Å². The van der Waals surface area contributed by atoms with E-state index in [0.717, 1.165) is 59.8 Å². The van der Waals surface area contributed by atoms with Crippen molar-refractivity contribution < 1.29 is 4.74 Å². The lowest BCUT2D eigenvalue weighted by Gasteiger charge is -2.26. The van der Waals surface area contributed by atoms with Gasteiger partial charge in [-0.3, -0.25) is 4.99 Å². The average molecular weight is 406 g/mol. The first-order chi connectivity index (χ1) is 14.6. The molecule has 2 aromatic rings. The summed E-state index contributed by atoms with van der Waals surface area (Å²) in [5.74, 6) is 1.62. The summed E-state index contributed by atoms with van der Waals surface area (Å²) in [6, 6.07) is 12.3. The van der Waals surface area contributed by atoms with Crippen LogP contribution in [0.25, 0.3) is 11.1 Å². The number of methoxy groups -OCH3 is 1. The van der Waals surface area contributed by atoms with Crippen molar-refractivity contribution in [2.45, 2.75) is 25.8 Å². The molecular weight excluding hydrogens is 374 g/mol. The van der Waals surface area contributed by atoms with Gasteiger partial charge in [-0.15, -0.1) is 0 Å². The van der Waals surface area contributed by atoms with Crippen LogP contribution >= 0.6 is 0 Å². The molecule has 0 aliphatic carbocycles. The third-order valence-electron chi connectivity index (χ3n) is 5.37. The third kappa shape index (κ3) is 5.94. The lowest BCUT2D eigenvalue weighted by Crippen LogP contribution is -2.32. The number of aliphatic imine (C=N–C) groups is 1. The van der Waals surface area contributed by atoms with Gasteiger partial charge in [0.25, 0.3) is 0 Å². The maximum atomic E-state index is 5.84. The first-order valence-electron chi connectivity index (χ1n) is 10.3. The molecule has 0 saturated carbocycles. The number of allylic oxidation sites excluding steroid dienone is 2. The summed E-state index contributed by atoms with van der Waals surface area (Å²) in [4.78, 5) is 11.6. The van der Waals surface area contributed by atoms with E-state index in [-0.39, 0.29) is 0 Å². The normalized spacial score (nSPS) is 16.8. The fraction of sp³-hybridized carbons (Fsp3) is 0.333. The molecule has 0 bridgehead atoms. The predicted molar refractivity (Wildman–Crippen MR) is 126 cm³/mol. The number of aromatic nitrogens is 1. The molecule has 6 heteroatoms. The molecule has 3 rings (SSSR count). The van der Waals surface area contributed by atoms with E-state index >= 15 is 0 Å². The Morgan fingerprint density at radius 1 is 1.17 bits per heavy atom. The lowest BCUT2D eigenvalue weighted by molar-refractivity contribution is 0.257. The van der Waals surface area contributed by atoms with Gasteiger partial charge >= 0.3 is 0 Å². The van der Waals surface area contributed by atoms with Crippen LogP contribution in [-0.4, -0.2) is 49.4 Å². The van der Waals surface area contributed by atoms with Gasteiger partial charge in [-0.1, -0.05) is 12.1 Å². The molecule has 2 heterocycles. The minimum Gasteiger partial charge on any atom is -0.497 e. The van der Waals surface area contributed by atoms with Gasteiger partial charge < -0.3 is 20.7 Å². The Hall–Kier alpha value is -3.12. The standard InChI is InChI=1S/C24H31N5O/c1-18(19-4-7-23(30-3)8-5-19)15-27-24-9-6-20(16-28-24)21(14-25)17-26-22-10-12-29(2)13-11-22/h4-9,14-17,22H,10-13,25H2,1-3H3,(H,27,28)/b18-15+,21-14?,26-17?. The second-order valence-corrected chi connectivity index (χ2v) is 7.57. The summed E-state index contributed by atoms with van der Waals surface area (Å²) < 4.78 is 5.20. The highest BCUT2D eigenvalue weighted by Gasteiger charge is 2.14. The zero-order valence-electron chi connectivity index (χ0n) is 18.0. The summed E-state index contributed by atoms with van der Waals surface area (Å²) in [5.41, 5.74) is 9.91. The van der Waals surface area contributed by atoms with Gasteiger partial charge in [0.05, 0.1) is 13.2 Å². The van der Waals surface area contributed by atoms with Crippen LogP contribution < -0.4 is 15.8 Å². The minimum absolute atomic E-state index is 0.371. The molecule has 1 aromatic heterocycles. The van der Waals surface area contributed by atoms with E-state index in [1.165, 1.54) is 0 Å². The Labute approximate surface area is 179 Å². The SMILES string of the molecule is COc1ccc(/C(C)=C/Nc2ccc(C(C=NC3CCN(C)CC3)=CN)cn2)cc1. The van der Waals surface area contributed by atoms with Crippen molar-refractivity contribution in [1.29, 1.82) is 0 Å². The Balaban J connectivity index is 1.60. The molecule has 0 radical (unpaired) electrons. The van der Waals surface area contributed by atoms with E-state index < -0.39 is 0 Å². The predicted octanol–water partition coefficient (Wildman–Crippen LogP) is 4.03. The number of nitrogens with zero attached hydrogens (tertiary/aromatic N) is 3. The minimum atomic E-state index is 0.371. The van der Waals surface area contributed by atoms with Crippen molar-refractivity contribution in [3.8, 4) is 5.75 Å². The van der Waals surface area contributed by atoms with Crippen LogP contribution in [0.5, 0.6) is 5.75 Å². The van der Waals surface area contributed by atoms with E-state index in [1.54, 1.807) is 13.3 Å². The molecular formula is C24H31N5O. The number of hydrogen-bond acceptors (Lipinski definition) is 6. The van der Waals surface area contributed by atoms with Crippen LogP contribution in [0.1, 0.15) is 30.9 Å². The number of nitrogens with one attached hydrogen (secondary N) is 1. The Bertz CT molecular complexity index is 892. The van der Waals surface area contributed by atoms with Gasteiger partial charge in [-0.25, -0.2) is 4.98 Å². The Kier molecular flexibility index (Phi) is 7.63. The van der Waals surface area contributed by atoms with Gasteiger partial charge in [0.15, 0.2) is 0 Å². The largest absolute Gasteiger partial charge is 0.497 e. The van der Waals surface area contributed by atoms with Gasteiger partial charge in [-0.05, 0) is 75.3 Å². The summed E-state index contributed by atoms with van der Waals surface area (Å²) in [5, 5.41) is 3.25. The van der Waals surface area contributed by atoms with E-state index in [0.29, 0.717) is 6.04 Å². The summed E-state index contributed by atoms with van der Waals surface area (Å²) in [6.07, 6.45) is 9.42. The summed E-state index contributed by atoms with van der Waals surface area (Å²) >= 11 is 0. The number of anilines is 1. The van der Waals surface area contributed by atoms with Crippen LogP contribution in [-0.2, 0) is 0 Å². The Morgan fingerprint density at radius 2 is 1.87 bits per heavy atom. The number of likely N-dealkylation sites (tertiary alicyclic amines) is 1. The van der Waals surface area contributed by atoms with Gasteiger partial charge in [0, 0.05) is 35.9 Å². The first-order valence-corrected chi connectivity index (χ1v) is 10.3. The monoisotopic (exact) mass is 405 g/mol. The van der Waals surface area contributed by atoms with Gasteiger partial charge in [0.1, 0.15) is 11.6 Å². The second kappa shape index (κ2) is 10.6. The highest BCUT2D eigenvalue weighted by atomic mass is 16.5. The van der Waals surface area contributed by atoms with E-state index in [9.17, 15) is 0 Å². The zero-order valence-corrected chi connectivity index (χ0v) is 18.0. The zero-order chi connectivity index (χ0) is 21.3. The van der Waals surface area contributed by atoms with Gasteiger partial charge in [-0.2, -0.15) is 0 Å². The van der Waals surface area contributed by atoms with Crippen LogP contribution in [0.3, 0.4) is 0 Å². The second-order valence-electron chi connectivity index (χ2n) is 7.57. The lowest BCUT2D eigenvalue weighted by atomic mass is 10.1. The quantitative estimate of drug-likeness (QED) is 0.680. The van der Waals surface area contributed by atoms with Crippen molar-refractivity contribution in [3.63, 3.8) is 0 Å². The maximum absolute atomic E-state index is 5.84. The van der Waals surface area contributed by atoms with E-state index in [2.05, 4.69) is 29.2 Å². The molecule has 3 N–H and O–H groups in total. The number of pyridine rings is 1. The van der Waals surface area contributed by atoms with Crippen molar-refractivity contribution in [1.82, 2.24) is 9.88 Å². The van der Waals surface area contributed by atoms with Crippen molar-refractivity contribution in [3.05, 3.63) is 66.1 Å². The van der Waals surface area contributed by atoms with Crippen LogP contribution in [0.2, 0.25) is 0 Å². The van der Waals surface area contributed by atoms with Crippen LogP contribution in [0.15, 0.2) is 60.0 Å². The molecule has 1 aromatic carbocycles. The molecule has 1 fully saturated rings. The molecule has 6 nitrogen and oxygen atoms in total. The molecule has 1 aliphatic rings. The summed E-state index contributed by atoms with van der Waals surface area (Å²) in [6.45, 7) is 4.24. The first kappa shape index (κ1) is 21.6. The molecule has 0 amide bonds. The molecule has 1 saturated heterocycles. The fourth-order valence-corrected chi connectivity index (χ4v) is 3.31. The molecule has 0 atom stereocenters. The van der Waals surface area contributed by atoms with Crippen molar-refractivity contribution in [2.24, 2.45) is 10.7 Å². The molecule has 30 heavy (non-hydrogen) atoms. The van der Waals surface area contributed by atoms with Crippen LogP contribution in [0.4, 0.5) is 5.82 Å². The average Bonchev–Trinajstić information content (AvgIpc) is 2.80. The van der Waals surface area contributed by atoms with Gasteiger partial charge in [0.2, 0.25) is 0 Å². The Morgan fingerprint density at radius 3 is 2.47 bits per heavy atom. The molecule has 0 unspecified atom stereocenters. The van der Waals surface area contributed by atoms with Crippen molar-refractivity contribution >= 4 is 23.2 Å². The maximum Gasteiger partial charge on any atom is 0.129 e. The summed E-state index contributed by atoms with van der Waals surface area (Å²) in [7, 11) is 3.82. The van der Waals surface area contributed by atoms with E-state index in [4.69, 9.17) is 15.5 Å². The number of piperidine rings is 1. The highest BCUT2D eigenvalue weighted by Crippen LogP contribution is 2.19. The smallest absolute Gasteiger partial charge is 0.129 e. The van der Waals surface area contributed by atoms with Crippen molar-refractivity contribution in [2.75, 3.05) is 32.6 Å². The number of hydrogen-bond donors (Lipinski definition) is 2. The number of ether oxygens (including phenoxy) is 1. The fourth-order valence-electron chi connectivity index (χ4n) is 3.31. The number of rotatable bonds is 7. The third-order valence-corrected chi connectivity index (χ3v) is 5.37. The number of nitrogens with two attached hydrogens (primary N) is 1. The highest BCUT2D eigenvalue weighted by molar-refractivity contribution is 6.09. The van der Waals surface area contributed by atoms with E-state index in [1.807, 2.05) is 55.0 Å². The number of benzene rings is 1. The molecule has 158 valence electrons. The molecule has 1 aliphatic heterocycles. The van der Waals surface area contributed by atoms with Crippen LogP contribution in [0, 0.1) is 0 Å². The molecule has 0 spiro atoms.